The van der Waals surface area contributed by atoms with Gasteiger partial charge in [-0.2, -0.15) is 0 Å². The summed E-state index contributed by atoms with van der Waals surface area (Å²) < 4.78 is 0. The number of rotatable bonds is 3. The number of fused-ring (bicyclic) bond motifs is 1. The third kappa shape index (κ3) is 3.87. The first-order valence-corrected chi connectivity index (χ1v) is 7.95. The molecule has 0 atom stereocenters. The van der Waals surface area contributed by atoms with Gasteiger partial charge in [0.25, 0.3) is 17.5 Å². The molecule has 3 rings (SSSR count). The fourth-order valence-electron chi connectivity index (χ4n) is 2.36. The molecule has 2 N–H and O–H groups in total. The van der Waals surface area contributed by atoms with E-state index in [-0.39, 0.29) is 11.3 Å². The lowest BCUT2D eigenvalue weighted by Crippen LogP contribution is -2.41. The van der Waals surface area contributed by atoms with Crippen LogP contribution in [0.4, 0.5) is 5.69 Å². The number of amides is 2. The number of non-ortho nitro benzene ring substituents is 1. The van der Waals surface area contributed by atoms with Crippen molar-refractivity contribution < 1.29 is 14.5 Å². The van der Waals surface area contributed by atoms with E-state index in [9.17, 15) is 19.7 Å². The Hall–Kier alpha value is -3.88. The molecule has 0 radical (unpaired) electrons. The zero-order valence-electron chi connectivity index (χ0n) is 14.5. The third-order valence-electron chi connectivity index (χ3n) is 3.97. The highest BCUT2D eigenvalue weighted by atomic mass is 16.6. The van der Waals surface area contributed by atoms with Gasteiger partial charge in [-0.3, -0.25) is 30.6 Å². The maximum absolute atomic E-state index is 12.3. The summed E-state index contributed by atoms with van der Waals surface area (Å²) in [6.07, 6.45) is 0. The van der Waals surface area contributed by atoms with E-state index in [1.165, 1.54) is 24.3 Å². The van der Waals surface area contributed by atoms with E-state index < -0.39 is 16.7 Å². The second kappa shape index (κ2) is 7.16. The first kappa shape index (κ1) is 17.9. The highest BCUT2D eigenvalue weighted by Crippen LogP contribution is 2.15. The number of carbonyl (C=O) groups is 2. The molecule has 0 aliphatic rings. The van der Waals surface area contributed by atoms with Gasteiger partial charge >= 0.3 is 0 Å². The first-order chi connectivity index (χ1) is 12.8. The van der Waals surface area contributed by atoms with Gasteiger partial charge in [0, 0.05) is 23.3 Å². The third-order valence-corrected chi connectivity index (χ3v) is 3.97. The molecule has 0 aliphatic carbocycles. The number of aromatic nitrogens is 2. The Labute approximate surface area is 153 Å². The second-order valence-electron chi connectivity index (χ2n) is 5.81. The molecule has 0 fully saturated rings. The van der Waals surface area contributed by atoms with Gasteiger partial charge in [0.15, 0.2) is 0 Å². The maximum Gasteiger partial charge on any atom is 0.269 e. The molecule has 1 aromatic heterocycles. The highest BCUT2D eigenvalue weighted by Gasteiger charge is 2.12. The number of nitro benzene ring substituents is 1. The number of hydrogen-bond donors (Lipinski definition) is 2. The van der Waals surface area contributed by atoms with E-state index in [0.29, 0.717) is 16.6 Å². The lowest BCUT2D eigenvalue weighted by Gasteiger charge is -2.08. The van der Waals surface area contributed by atoms with E-state index in [4.69, 9.17) is 0 Å². The van der Waals surface area contributed by atoms with Crippen molar-refractivity contribution in [1.82, 2.24) is 20.8 Å². The number of hydrogen-bond acceptors (Lipinski definition) is 6. The maximum atomic E-state index is 12.3. The normalized spacial score (nSPS) is 10.4. The van der Waals surface area contributed by atoms with Gasteiger partial charge in [-0.15, -0.1) is 0 Å². The van der Waals surface area contributed by atoms with Gasteiger partial charge in [-0.05, 0) is 44.2 Å². The minimum Gasteiger partial charge on any atom is -0.267 e. The van der Waals surface area contributed by atoms with Crippen LogP contribution in [0.5, 0.6) is 0 Å². The number of nitro groups is 1. The molecule has 2 amide bonds. The summed E-state index contributed by atoms with van der Waals surface area (Å²) in [5.74, 6) is -1.11. The molecule has 0 bridgehead atoms. The Morgan fingerprint density at radius 3 is 1.96 bits per heavy atom. The van der Waals surface area contributed by atoms with Crippen LogP contribution in [0.15, 0.2) is 42.5 Å². The second-order valence-corrected chi connectivity index (χ2v) is 5.81. The summed E-state index contributed by atoms with van der Waals surface area (Å²) in [6.45, 7) is 3.69. The molecule has 9 heteroatoms. The quantitative estimate of drug-likeness (QED) is 0.541. The standard InChI is InChI=1S/C18H15N5O4/c1-10-11(2)20-16-9-13(5-8-15(16)19-10)18(25)22-21-17(24)12-3-6-14(7-4-12)23(26)27/h3-9H,1-2H3,(H,21,24)(H,22,25). The molecule has 0 unspecified atom stereocenters. The van der Waals surface area contributed by atoms with Gasteiger partial charge in [0.2, 0.25) is 0 Å². The highest BCUT2D eigenvalue weighted by molar-refractivity contribution is 6.00. The van der Waals surface area contributed by atoms with Crippen molar-refractivity contribution in [3.63, 3.8) is 0 Å². The van der Waals surface area contributed by atoms with Crippen molar-refractivity contribution in [2.75, 3.05) is 0 Å². The summed E-state index contributed by atoms with van der Waals surface area (Å²) in [5, 5.41) is 10.6. The monoisotopic (exact) mass is 365 g/mol. The van der Waals surface area contributed by atoms with Crippen molar-refractivity contribution >= 4 is 28.5 Å². The van der Waals surface area contributed by atoms with Gasteiger partial charge in [0.1, 0.15) is 0 Å². The number of hydrazine groups is 1. The average Bonchev–Trinajstić information content (AvgIpc) is 2.66. The SMILES string of the molecule is Cc1nc2ccc(C(=O)NNC(=O)c3ccc([N+](=O)[O-])cc3)cc2nc1C. The molecule has 0 saturated carbocycles. The molecule has 1 heterocycles. The fourth-order valence-corrected chi connectivity index (χ4v) is 2.36. The summed E-state index contributed by atoms with van der Waals surface area (Å²) in [4.78, 5) is 43.2. The summed E-state index contributed by atoms with van der Waals surface area (Å²) in [6, 6.07) is 9.88. The van der Waals surface area contributed by atoms with Crippen LogP contribution < -0.4 is 10.9 Å². The zero-order chi connectivity index (χ0) is 19.6. The van der Waals surface area contributed by atoms with E-state index in [1.807, 2.05) is 13.8 Å². The topological polar surface area (TPSA) is 127 Å². The predicted molar refractivity (Wildman–Crippen MR) is 97.0 cm³/mol. The fraction of sp³-hybridized carbons (Fsp3) is 0.111. The molecule has 3 aromatic rings. The molecule has 0 aliphatic heterocycles. The Morgan fingerprint density at radius 2 is 1.37 bits per heavy atom. The van der Waals surface area contributed by atoms with Crippen molar-refractivity contribution in [2.24, 2.45) is 0 Å². The number of carbonyl (C=O) groups excluding carboxylic acids is 2. The van der Waals surface area contributed by atoms with Crippen molar-refractivity contribution in [3.8, 4) is 0 Å². The Kier molecular flexibility index (Phi) is 4.75. The van der Waals surface area contributed by atoms with Gasteiger partial charge in [-0.1, -0.05) is 0 Å². The minimum atomic E-state index is -0.592. The van der Waals surface area contributed by atoms with E-state index in [2.05, 4.69) is 20.8 Å². The molecule has 27 heavy (non-hydrogen) atoms. The van der Waals surface area contributed by atoms with Crippen molar-refractivity contribution in [2.45, 2.75) is 13.8 Å². The number of aryl methyl sites for hydroxylation is 2. The average molecular weight is 365 g/mol. The first-order valence-electron chi connectivity index (χ1n) is 7.95. The van der Waals surface area contributed by atoms with E-state index in [0.717, 1.165) is 11.4 Å². The van der Waals surface area contributed by atoms with Gasteiger partial charge in [0.05, 0.1) is 27.3 Å². The lowest BCUT2D eigenvalue weighted by atomic mass is 10.1. The van der Waals surface area contributed by atoms with Gasteiger partial charge in [-0.25, -0.2) is 9.97 Å². The molecule has 0 saturated heterocycles. The van der Waals surface area contributed by atoms with Crippen LogP contribution in [0.2, 0.25) is 0 Å². The molecule has 0 spiro atoms. The van der Waals surface area contributed by atoms with Crippen LogP contribution in [0, 0.1) is 24.0 Å². The molecule has 136 valence electrons. The van der Waals surface area contributed by atoms with Crippen LogP contribution in [0.1, 0.15) is 32.1 Å². The Morgan fingerprint density at radius 1 is 0.852 bits per heavy atom. The van der Waals surface area contributed by atoms with Crippen LogP contribution >= 0.6 is 0 Å². The summed E-state index contributed by atoms with van der Waals surface area (Å²) >= 11 is 0. The molecular weight excluding hydrogens is 350 g/mol. The lowest BCUT2D eigenvalue weighted by molar-refractivity contribution is -0.384. The van der Waals surface area contributed by atoms with E-state index >= 15 is 0 Å². The largest absolute Gasteiger partial charge is 0.269 e. The van der Waals surface area contributed by atoms with Crippen molar-refractivity contribution in [1.29, 1.82) is 0 Å². The van der Waals surface area contributed by atoms with E-state index in [1.54, 1.807) is 18.2 Å². The van der Waals surface area contributed by atoms with Crippen LogP contribution in [-0.4, -0.2) is 26.7 Å². The zero-order valence-corrected chi connectivity index (χ0v) is 14.5. The number of nitrogens with one attached hydrogen (secondary N) is 2. The molecule has 9 nitrogen and oxygen atoms in total. The Balaban J connectivity index is 1.69. The van der Waals surface area contributed by atoms with Crippen molar-refractivity contribution in [3.05, 3.63) is 75.1 Å². The molecular formula is C18H15N5O4. The predicted octanol–water partition coefficient (Wildman–Crippen LogP) is 2.23. The number of benzene rings is 2. The number of nitrogens with zero attached hydrogens (tertiary/aromatic N) is 3. The van der Waals surface area contributed by atoms with Gasteiger partial charge < -0.3 is 0 Å². The molecule has 2 aromatic carbocycles. The smallest absolute Gasteiger partial charge is 0.267 e. The van der Waals surface area contributed by atoms with Crippen LogP contribution in [-0.2, 0) is 0 Å². The summed E-state index contributed by atoms with van der Waals surface area (Å²) in [5.41, 5.74) is 7.77. The Bertz CT molecular complexity index is 1060. The summed E-state index contributed by atoms with van der Waals surface area (Å²) in [7, 11) is 0. The van der Waals surface area contributed by atoms with Crippen LogP contribution in [0.25, 0.3) is 11.0 Å². The van der Waals surface area contributed by atoms with Crippen LogP contribution in [0.3, 0.4) is 0 Å². The minimum absolute atomic E-state index is 0.126.